The molecule has 0 aliphatic rings. The van der Waals surface area contributed by atoms with Crippen LogP contribution in [0.15, 0.2) is 23.7 Å². The molecule has 2 heterocycles. The normalized spacial score (nSPS) is 13.2. The van der Waals surface area contributed by atoms with Gasteiger partial charge in [-0.25, -0.2) is 4.98 Å². The van der Waals surface area contributed by atoms with Gasteiger partial charge in [0.25, 0.3) is 0 Å². The van der Waals surface area contributed by atoms with Crippen molar-refractivity contribution in [3.05, 3.63) is 40.1 Å². The van der Waals surface area contributed by atoms with Crippen molar-refractivity contribution >= 4 is 17.0 Å². The molecule has 0 aliphatic heterocycles. The Morgan fingerprint density at radius 3 is 2.70 bits per heavy atom. The summed E-state index contributed by atoms with van der Waals surface area (Å²) >= 11 is 1.02. The second-order valence-electron chi connectivity index (χ2n) is 4.36. The van der Waals surface area contributed by atoms with Crippen molar-refractivity contribution in [3.8, 4) is 0 Å². The minimum atomic E-state index is -4.39. The Bertz CT molecular complexity index is 580. The van der Waals surface area contributed by atoms with Gasteiger partial charge in [-0.05, 0) is 25.5 Å². The summed E-state index contributed by atoms with van der Waals surface area (Å²) in [5, 5.41) is 4.68. The molecule has 0 aromatic carbocycles. The van der Waals surface area contributed by atoms with Gasteiger partial charge < -0.3 is 5.32 Å². The molecule has 108 valence electrons. The molecule has 7 heteroatoms. The van der Waals surface area contributed by atoms with Crippen LogP contribution in [0.4, 0.5) is 18.9 Å². The van der Waals surface area contributed by atoms with E-state index in [2.05, 4.69) is 15.3 Å². The highest BCUT2D eigenvalue weighted by molar-refractivity contribution is 7.09. The summed E-state index contributed by atoms with van der Waals surface area (Å²) < 4.78 is 37.7. The van der Waals surface area contributed by atoms with Crippen molar-refractivity contribution in [2.24, 2.45) is 0 Å². The van der Waals surface area contributed by atoms with Crippen molar-refractivity contribution in [1.29, 1.82) is 0 Å². The minimum absolute atomic E-state index is 0.238. The number of pyridine rings is 1. The summed E-state index contributed by atoms with van der Waals surface area (Å²) in [5.74, 6) is 0. The van der Waals surface area contributed by atoms with Crippen molar-refractivity contribution < 1.29 is 13.2 Å². The fourth-order valence-electron chi connectivity index (χ4n) is 1.75. The number of nitrogens with zero attached hydrogens (tertiary/aromatic N) is 2. The molecule has 0 fully saturated rings. The van der Waals surface area contributed by atoms with E-state index in [1.165, 1.54) is 0 Å². The van der Waals surface area contributed by atoms with Gasteiger partial charge in [0.15, 0.2) is 5.69 Å². The van der Waals surface area contributed by atoms with Crippen LogP contribution in [0.3, 0.4) is 0 Å². The molecular formula is C13H14F3N3S. The predicted molar refractivity (Wildman–Crippen MR) is 72.7 cm³/mol. The zero-order valence-corrected chi connectivity index (χ0v) is 11.8. The fourth-order valence-corrected chi connectivity index (χ4v) is 2.71. The van der Waals surface area contributed by atoms with E-state index in [9.17, 15) is 13.2 Å². The summed E-state index contributed by atoms with van der Waals surface area (Å²) in [5.41, 5.74) is 0.844. The van der Waals surface area contributed by atoms with Gasteiger partial charge in [-0.1, -0.05) is 6.92 Å². The zero-order chi connectivity index (χ0) is 14.8. The second-order valence-corrected chi connectivity index (χ2v) is 5.25. The molecule has 3 nitrogen and oxygen atoms in total. The first kappa shape index (κ1) is 14.8. The quantitative estimate of drug-likeness (QED) is 0.908. The van der Waals surface area contributed by atoms with Crippen LogP contribution in [-0.2, 0) is 6.18 Å². The molecule has 0 saturated carbocycles. The Labute approximate surface area is 118 Å². The molecule has 1 atom stereocenters. The first-order valence-corrected chi connectivity index (χ1v) is 7.00. The van der Waals surface area contributed by atoms with Crippen LogP contribution < -0.4 is 5.32 Å². The highest BCUT2D eigenvalue weighted by atomic mass is 32.1. The third-order valence-corrected chi connectivity index (χ3v) is 3.71. The van der Waals surface area contributed by atoms with Crippen molar-refractivity contribution in [2.45, 2.75) is 32.5 Å². The van der Waals surface area contributed by atoms with Gasteiger partial charge in [0.2, 0.25) is 0 Å². The molecule has 2 aromatic heterocycles. The number of halogens is 3. The van der Waals surface area contributed by atoms with E-state index in [-0.39, 0.29) is 6.04 Å². The van der Waals surface area contributed by atoms with E-state index in [1.54, 1.807) is 12.3 Å². The topological polar surface area (TPSA) is 37.8 Å². The number of anilines is 1. The third-order valence-electron chi connectivity index (χ3n) is 2.76. The van der Waals surface area contributed by atoms with Crippen molar-refractivity contribution in [2.75, 3.05) is 5.32 Å². The van der Waals surface area contributed by atoms with E-state index in [4.69, 9.17) is 0 Å². The lowest BCUT2D eigenvalue weighted by Gasteiger charge is -2.16. The first-order valence-electron chi connectivity index (χ1n) is 6.12. The van der Waals surface area contributed by atoms with Gasteiger partial charge in [-0.2, -0.15) is 13.2 Å². The monoisotopic (exact) mass is 301 g/mol. The van der Waals surface area contributed by atoms with Crippen LogP contribution in [0.1, 0.15) is 35.8 Å². The Balaban J connectivity index is 2.18. The van der Waals surface area contributed by atoms with Crippen molar-refractivity contribution in [1.82, 2.24) is 9.97 Å². The van der Waals surface area contributed by atoms with E-state index in [1.807, 2.05) is 19.9 Å². The summed E-state index contributed by atoms with van der Waals surface area (Å²) in [6.45, 7) is 3.76. The maximum atomic E-state index is 12.6. The van der Waals surface area contributed by atoms with Crippen LogP contribution in [0.5, 0.6) is 0 Å². The number of hydrogen-bond acceptors (Lipinski definition) is 4. The SMILES string of the molecule is CCC(Nc1ccnc(C)c1)c1nc(C(F)(F)F)cs1. The number of rotatable bonds is 4. The second kappa shape index (κ2) is 5.78. The lowest BCUT2D eigenvalue weighted by atomic mass is 10.2. The van der Waals surface area contributed by atoms with Crippen LogP contribution in [0.2, 0.25) is 0 Å². The summed E-state index contributed by atoms with van der Waals surface area (Å²) in [6.07, 6.45) is -2.08. The van der Waals surface area contributed by atoms with E-state index in [0.717, 1.165) is 28.1 Å². The summed E-state index contributed by atoms with van der Waals surface area (Å²) in [7, 11) is 0. The predicted octanol–water partition coefficient (Wildman–Crippen LogP) is 4.43. The Morgan fingerprint density at radius 2 is 2.15 bits per heavy atom. The molecule has 20 heavy (non-hydrogen) atoms. The molecule has 0 spiro atoms. The largest absolute Gasteiger partial charge is 0.434 e. The number of hydrogen-bond donors (Lipinski definition) is 1. The highest BCUT2D eigenvalue weighted by Crippen LogP contribution is 2.33. The zero-order valence-electron chi connectivity index (χ0n) is 11.0. The highest BCUT2D eigenvalue weighted by Gasteiger charge is 2.34. The number of aryl methyl sites for hydroxylation is 1. The minimum Gasteiger partial charge on any atom is -0.376 e. The standard InChI is InChI=1S/C13H14F3N3S/c1-3-10(18-9-4-5-17-8(2)6-9)12-19-11(7-20-12)13(14,15)16/h4-7,10H,3H2,1-2H3,(H,17,18). The maximum absolute atomic E-state index is 12.6. The Morgan fingerprint density at radius 1 is 1.40 bits per heavy atom. The molecular weight excluding hydrogens is 287 g/mol. The van der Waals surface area contributed by atoms with Crippen LogP contribution >= 0.6 is 11.3 Å². The maximum Gasteiger partial charge on any atom is 0.434 e. The summed E-state index contributed by atoms with van der Waals surface area (Å²) in [6, 6.07) is 3.40. The molecule has 0 aliphatic carbocycles. The molecule has 2 aromatic rings. The molecule has 0 radical (unpaired) electrons. The Hall–Kier alpha value is -1.63. The number of alkyl halides is 3. The average Bonchev–Trinajstić information content (AvgIpc) is 2.85. The molecule has 1 unspecified atom stereocenters. The third kappa shape index (κ3) is 3.47. The number of aromatic nitrogens is 2. The first-order chi connectivity index (χ1) is 9.40. The smallest absolute Gasteiger partial charge is 0.376 e. The van der Waals surface area contributed by atoms with Gasteiger partial charge >= 0.3 is 6.18 Å². The average molecular weight is 301 g/mol. The van der Waals surface area contributed by atoms with Gasteiger partial charge in [-0.3, -0.25) is 4.98 Å². The lowest BCUT2D eigenvalue weighted by molar-refractivity contribution is -0.140. The molecule has 0 amide bonds. The van der Waals surface area contributed by atoms with Gasteiger partial charge in [0, 0.05) is 23.0 Å². The molecule has 0 saturated heterocycles. The molecule has 2 rings (SSSR count). The van der Waals surface area contributed by atoms with E-state index in [0.29, 0.717) is 11.4 Å². The number of nitrogens with one attached hydrogen (secondary N) is 1. The number of thiazole rings is 1. The van der Waals surface area contributed by atoms with Gasteiger partial charge in [0.05, 0.1) is 6.04 Å². The molecule has 1 N–H and O–H groups in total. The van der Waals surface area contributed by atoms with Crippen LogP contribution in [-0.4, -0.2) is 9.97 Å². The summed E-state index contributed by atoms with van der Waals surface area (Å²) in [4.78, 5) is 7.77. The van der Waals surface area contributed by atoms with Crippen molar-refractivity contribution in [3.63, 3.8) is 0 Å². The Kier molecular flexibility index (Phi) is 4.27. The fraction of sp³-hybridized carbons (Fsp3) is 0.385. The molecule has 0 bridgehead atoms. The van der Waals surface area contributed by atoms with Gasteiger partial charge in [0.1, 0.15) is 5.01 Å². The van der Waals surface area contributed by atoms with E-state index < -0.39 is 11.9 Å². The van der Waals surface area contributed by atoms with Gasteiger partial charge in [-0.15, -0.1) is 11.3 Å². The van der Waals surface area contributed by atoms with E-state index >= 15 is 0 Å². The lowest BCUT2D eigenvalue weighted by Crippen LogP contribution is -2.11. The van der Waals surface area contributed by atoms with Crippen LogP contribution in [0, 0.1) is 6.92 Å². The van der Waals surface area contributed by atoms with Crippen LogP contribution in [0.25, 0.3) is 0 Å².